The van der Waals surface area contributed by atoms with E-state index in [-0.39, 0.29) is 11.9 Å². The highest BCUT2D eigenvalue weighted by Gasteiger charge is 2.07. The highest BCUT2D eigenvalue weighted by Crippen LogP contribution is 2.16. The third kappa shape index (κ3) is 4.88. The molecule has 0 bridgehead atoms. The van der Waals surface area contributed by atoms with Crippen LogP contribution in [0, 0.1) is 0 Å². The first-order valence-electron chi connectivity index (χ1n) is 8.24. The number of methoxy groups -OCH3 is 1. The van der Waals surface area contributed by atoms with Crippen molar-refractivity contribution in [1.29, 1.82) is 0 Å². The monoisotopic (exact) mass is 362 g/mol. The molecule has 2 heterocycles. The predicted molar refractivity (Wildman–Crippen MR) is 101 cm³/mol. The molecular formula is C20H18N4O3. The van der Waals surface area contributed by atoms with Crippen molar-refractivity contribution in [3.8, 4) is 0 Å². The molecule has 0 spiro atoms. The lowest BCUT2D eigenvalue weighted by atomic mass is 10.2. The molecule has 3 aromatic rings. The fourth-order valence-electron chi connectivity index (χ4n) is 2.34. The van der Waals surface area contributed by atoms with Gasteiger partial charge in [0.1, 0.15) is 5.82 Å². The van der Waals surface area contributed by atoms with Crippen LogP contribution in [0.3, 0.4) is 0 Å². The van der Waals surface area contributed by atoms with Gasteiger partial charge in [0, 0.05) is 30.8 Å². The van der Waals surface area contributed by atoms with E-state index in [0.717, 1.165) is 11.3 Å². The van der Waals surface area contributed by atoms with E-state index in [1.54, 1.807) is 48.8 Å². The molecule has 0 fully saturated rings. The lowest BCUT2D eigenvalue weighted by Crippen LogP contribution is -2.22. The molecule has 0 atom stereocenters. The standard InChI is InChI=1S/C20H18N4O3/c1-27-20(26)15-2-5-17(6-3-15)24-18-7-4-16(13-22-18)19(25)23-12-14-8-10-21-11-9-14/h2-11,13H,12H2,1H3,(H,22,24)(H,23,25). The fourth-order valence-corrected chi connectivity index (χ4v) is 2.34. The minimum atomic E-state index is -0.387. The molecule has 2 aromatic heterocycles. The average molecular weight is 362 g/mol. The van der Waals surface area contributed by atoms with Gasteiger partial charge in [-0.3, -0.25) is 9.78 Å². The summed E-state index contributed by atoms with van der Waals surface area (Å²) < 4.78 is 4.67. The Morgan fingerprint density at radius 1 is 0.963 bits per heavy atom. The van der Waals surface area contributed by atoms with Crippen LogP contribution in [0.5, 0.6) is 0 Å². The third-order valence-electron chi connectivity index (χ3n) is 3.81. The number of pyridine rings is 2. The summed E-state index contributed by atoms with van der Waals surface area (Å²) in [5, 5.41) is 5.95. The van der Waals surface area contributed by atoms with E-state index in [0.29, 0.717) is 23.5 Å². The van der Waals surface area contributed by atoms with E-state index in [1.807, 2.05) is 12.1 Å². The molecule has 1 aromatic carbocycles. The third-order valence-corrected chi connectivity index (χ3v) is 3.81. The van der Waals surface area contributed by atoms with Gasteiger partial charge in [0.05, 0.1) is 18.2 Å². The summed E-state index contributed by atoms with van der Waals surface area (Å²) in [4.78, 5) is 31.8. The lowest BCUT2D eigenvalue weighted by Gasteiger charge is -2.08. The molecule has 3 rings (SSSR count). The van der Waals surface area contributed by atoms with Gasteiger partial charge in [-0.1, -0.05) is 0 Å². The molecule has 2 N–H and O–H groups in total. The molecule has 1 amide bonds. The molecule has 27 heavy (non-hydrogen) atoms. The second-order valence-corrected chi connectivity index (χ2v) is 5.66. The molecule has 0 radical (unpaired) electrons. The summed E-state index contributed by atoms with van der Waals surface area (Å²) in [5.41, 5.74) is 2.68. The van der Waals surface area contributed by atoms with Crippen molar-refractivity contribution in [2.75, 3.05) is 12.4 Å². The second kappa shape index (κ2) is 8.57. The van der Waals surface area contributed by atoms with Crippen LogP contribution in [0.1, 0.15) is 26.3 Å². The Labute approximate surface area is 156 Å². The number of carbonyl (C=O) groups is 2. The zero-order chi connectivity index (χ0) is 19.1. The first-order valence-corrected chi connectivity index (χ1v) is 8.24. The summed E-state index contributed by atoms with van der Waals surface area (Å²) in [6.45, 7) is 0.425. The fraction of sp³-hybridized carbons (Fsp3) is 0.100. The number of nitrogens with zero attached hydrogens (tertiary/aromatic N) is 2. The summed E-state index contributed by atoms with van der Waals surface area (Å²) in [7, 11) is 1.34. The maximum atomic E-state index is 12.2. The molecule has 0 aliphatic rings. The number of esters is 1. The first-order chi connectivity index (χ1) is 13.2. The summed E-state index contributed by atoms with van der Waals surface area (Å²) in [6.07, 6.45) is 4.87. The van der Waals surface area contributed by atoms with Gasteiger partial charge < -0.3 is 15.4 Å². The van der Waals surface area contributed by atoms with Gasteiger partial charge in [0.2, 0.25) is 0 Å². The Morgan fingerprint density at radius 3 is 2.30 bits per heavy atom. The highest BCUT2D eigenvalue weighted by molar-refractivity contribution is 5.94. The van der Waals surface area contributed by atoms with Crippen molar-refractivity contribution < 1.29 is 14.3 Å². The van der Waals surface area contributed by atoms with Gasteiger partial charge in [0.15, 0.2) is 0 Å². The Hall–Kier alpha value is -3.74. The van der Waals surface area contributed by atoms with Crippen LogP contribution >= 0.6 is 0 Å². The van der Waals surface area contributed by atoms with E-state index in [2.05, 4.69) is 25.3 Å². The molecule has 0 saturated heterocycles. The van der Waals surface area contributed by atoms with Crippen LogP contribution in [-0.2, 0) is 11.3 Å². The van der Waals surface area contributed by atoms with Crippen molar-refractivity contribution in [3.63, 3.8) is 0 Å². The average Bonchev–Trinajstić information content (AvgIpc) is 2.73. The SMILES string of the molecule is COC(=O)c1ccc(Nc2ccc(C(=O)NCc3ccncc3)cn2)cc1. The summed E-state index contributed by atoms with van der Waals surface area (Å²) in [6, 6.07) is 13.9. The quantitative estimate of drug-likeness (QED) is 0.655. The van der Waals surface area contributed by atoms with Gasteiger partial charge in [-0.15, -0.1) is 0 Å². The van der Waals surface area contributed by atoms with Crippen LogP contribution in [0.25, 0.3) is 0 Å². The Balaban J connectivity index is 1.58. The number of ether oxygens (including phenoxy) is 1. The smallest absolute Gasteiger partial charge is 0.337 e. The number of amides is 1. The number of aromatic nitrogens is 2. The zero-order valence-electron chi connectivity index (χ0n) is 14.7. The van der Waals surface area contributed by atoms with Crippen LogP contribution in [0.2, 0.25) is 0 Å². The van der Waals surface area contributed by atoms with Gasteiger partial charge in [-0.25, -0.2) is 9.78 Å². The van der Waals surface area contributed by atoms with E-state index >= 15 is 0 Å². The molecule has 0 aliphatic heterocycles. The highest BCUT2D eigenvalue weighted by atomic mass is 16.5. The number of anilines is 2. The second-order valence-electron chi connectivity index (χ2n) is 5.66. The molecule has 0 unspecified atom stereocenters. The van der Waals surface area contributed by atoms with Gasteiger partial charge >= 0.3 is 5.97 Å². The normalized spacial score (nSPS) is 10.1. The van der Waals surface area contributed by atoms with Crippen LogP contribution in [-0.4, -0.2) is 29.0 Å². The Morgan fingerprint density at radius 2 is 1.67 bits per heavy atom. The Kier molecular flexibility index (Phi) is 5.73. The van der Waals surface area contributed by atoms with Crippen LogP contribution in [0.15, 0.2) is 67.1 Å². The number of nitrogens with one attached hydrogen (secondary N) is 2. The lowest BCUT2D eigenvalue weighted by molar-refractivity contribution is 0.0600. The van der Waals surface area contributed by atoms with Crippen molar-refractivity contribution in [3.05, 3.63) is 83.8 Å². The van der Waals surface area contributed by atoms with E-state index in [9.17, 15) is 9.59 Å². The molecular weight excluding hydrogens is 344 g/mol. The largest absolute Gasteiger partial charge is 0.465 e. The molecule has 7 heteroatoms. The molecule has 136 valence electrons. The van der Waals surface area contributed by atoms with E-state index in [4.69, 9.17) is 0 Å². The summed E-state index contributed by atoms with van der Waals surface area (Å²) >= 11 is 0. The van der Waals surface area contributed by atoms with Crippen molar-refractivity contribution in [2.45, 2.75) is 6.54 Å². The number of rotatable bonds is 6. The number of benzene rings is 1. The predicted octanol–water partition coefficient (Wildman–Crippen LogP) is 2.94. The van der Waals surface area contributed by atoms with Gasteiger partial charge in [-0.2, -0.15) is 0 Å². The zero-order valence-corrected chi connectivity index (χ0v) is 14.7. The van der Waals surface area contributed by atoms with E-state index < -0.39 is 0 Å². The molecule has 0 saturated carbocycles. The van der Waals surface area contributed by atoms with Crippen LogP contribution in [0.4, 0.5) is 11.5 Å². The number of hydrogen-bond donors (Lipinski definition) is 2. The Bertz CT molecular complexity index is 910. The minimum absolute atomic E-state index is 0.201. The number of carbonyl (C=O) groups excluding carboxylic acids is 2. The maximum Gasteiger partial charge on any atom is 0.337 e. The van der Waals surface area contributed by atoms with Gasteiger partial charge in [0.25, 0.3) is 5.91 Å². The minimum Gasteiger partial charge on any atom is -0.465 e. The topological polar surface area (TPSA) is 93.2 Å². The molecule has 0 aliphatic carbocycles. The van der Waals surface area contributed by atoms with Crippen molar-refractivity contribution in [1.82, 2.24) is 15.3 Å². The van der Waals surface area contributed by atoms with E-state index in [1.165, 1.54) is 13.3 Å². The summed E-state index contributed by atoms with van der Waals surface area (Å²) in [5.74, 6) is 0.00148. The number of hydrogen-bond acceptors (Lipinski definition) is 6. The molecule has 7 nitrogen and oxygen atoms in total. The first kappa shape index (κ1) is 18.1. The van der Waals surface area contributed by atoms with Gasteiger partial charge in [-0.05, 0) is 54.1 Å². The van der Waals surface area contributed by atoms with Crippen molar-refractivity contribution in [2.24, 2.45) is 0 Å². The van der Waals surface area contributed by atoms with Crippen molar-refractivity contribution >= 4 is 23.4 Å². The van der Waals surface area contributed by atoms with Crippen LogP contribution < -0.4 is 10.6 Å². The maximum absolute atomic E-state index is 12.2.